The van der Waals surface area contributed by atoms with Gasteiger partial charge in [-0.1, -0.05) is 0 Å². The molecule has 0 aliphatic carbocycles. The van der Waals surface area contributed by atoms with E-state index in [0.717, 1.165) is 34.3 Å². The van der Waals surface area contributed by atoms with Gasteiger partial charge in [0.05, 0.1) is 22.6 Å². The van der Waals surface area contributed by atoms with Crippen LogP contribution in [0.2, 0.25) is 0 Å². The Labute approximate surface area is 102 Å². The van der Waals surface area contributed by atoms with Crippen molar-refractivity contribution in [3.63, 3.8) is 0 Å². The minimum absolute atomic E-state index is 0.629. The molecule has 0 radical (unpaired) electrons. The highest BCUT2D eigenvalue weighted by molar-refractivity contribution is 7.09. The average molecular weight is 247 g/mol. The summed E-state index contributed by atoms with van der Waals surface area (Å²) in [4.78, 5) is 12.0. The third-order valence-corrected chi connectivity index (χ3v) is 3.45. The largest absolute Gasteiger partial charge is 0.330 e. The molecule has 0 aromatic carbocycles. The molecule has 3 heterocycles. The summed E-state index contributed by atoms with van der Waals surface area (Å²) in [6.07, 6.45) is 4.71. The number of thiazole rings is 1. The number of nitrogens with two attached hydrogens (primary N) is 1. The third-order valence-electron chi connectivity index (χ3n) is 2.67. The number of imidazole rings is 2. The predicted octanol–water partition coefficient (Wildman–Crippen LogP) is 1.60. The first-order chi connectivity index (χ1) is 8.28. The molecule has 3 N–H and O–H groups in total. The van der Waals surface area contributed by atoms with Crippen molar-refractivity contribution < 1.29 is 0 Å². The Bertz CT molecular complexity index is 648. The number of nitrogens with one attached hydrogen (secondary N) is 1. The van der Waals surface area contributed by atoms with Gasteiger partial charge in [0.2, 0.25) is 5.78 Å². The molecule has 0 fully saturated rings. The molecule has 0 unspecified atom stereocenters. The van der Waals surface area contributed by atoms with Crippen LogP contribution in [0.5, 0.6) is 0 Å². The van der Waals surface area contributed by atoms with Crippen LogP contribution >= 0.6 is 11.3 Å². The van der Waals surface area contributed by atoms with Crippen molar-refractivity contribution in [2.24, 2.45) is 5.73 Å². The molecular weight excluding hydrogens is 234 g/mol. The zero-order valence-electron chi connectivity index (χ0n) is 9.47. The molecule has 0 saturated carbocycles. The first-order valence-electron chi connectivity index (χ1n) is 5.45. The van der Waals surface area contributed by atoms with Gasteiger partial charge in [-0.25, -0.2) is 9.97 Å². The number of nitrogens with zero attached hydrogens (tertiary/aromatic N) is 3. The van der Waals surface area contributed by atoms with Gasteiger partial charge in [-0.15, -0.1) is 11.3 Å². The van der Waals surface area contributed by atoms with Gasteiger partial charge in [-0.05, 0) is 13.5 Å². The zero-order valence-corrected chi connectivity index (χ0v) is 10.3. The predicted molar refractivity (Wildman–Crippen MR) is 68.1 cm³/mol. The second-order valence-corrected chi connectivity index (χ2v) is 4.96. The molecule has 6 heteroatoms. The molecule has 3 rings (SSSR count). The molecule has 3 aromatic heterocycles. The maximum absolute atomic E-state index is 5.57. The number of aromatic amines is 1. The Hall–Kier alpha value is -1.66. The fourth-order valence-electron chi connectivity index (χ4n) is 1.86. The second kappa shape index (κ2) is 3.97. The molecular formula is C11H13N5S. The van der Waals surface area contributed by atoms with E-state index in [-0.39, 0.29) is 0 Å². The van der Waals surface area contributed by atoms with Gasteiger partial charge < -0.3 is 10.7 Å². The van der Waals surface area contributed by atoms with Crippen molar-refractivity contribution in [3.8, 4) is 11.4 Å². The lowest BCUT2D eigenvalue weighted by molar-refractivity contribution is 0.908. The maximum Gasteiger partial charge on any atom is 0.211 e. The number of hydrogen-bond acceptors (Lipinski definition) is 4. The smallest absolute Gasteiger partial charge is 0.211 e. The lowest BCUT2D eigenvalue weighted by Crippen LogP contribution is -2.04. The minimum Gasteiger partial charge on any atom is -0.330 e. The van der Waals surface area contributed by atoms with Crippen LogP contribution in [0.15, 0.2) is 17.8 Å². The van der Waals surface area contributed by atoms with Gasteiger partial charge in [0.1, 0.15) is 0 Å². The number of rotatable bonds is 3. The zero-order chi connectivity index (χ0) is 11.8. The van der Waals surface area contributed by atoms with E-state index in [0.29, 0.717) is 6.54 Å². The Morgan fingerprint density at radius 1 is 1.53 bits per heavy atom. The lowest BCUT2D eigenvalue weighted by Gasteiger charge is -1.93. The number of fused-ring (bicyclic) bond motifs is 1. The second-order valence-electron chi connectivity index (χ2n) is 3.90. The van der Waals surface area contributed by atoms with Gasteiger partial charge in [0, 0.05) is 23.7 Å². The quantitative estimate of drug-likeness (QED) is 0.738. The Morgan fingerprint density at radius 2 is 2.41 bits per heavy atom. The van der Waals surface area contributed by atoms with E-state index in [9.17, 15) is 0 Å². The van der Waals surface area contributed by atoms with Crippen LogP contribution in [-0.4, -0.2) is 25.9 Å². The third kappa shape index (κ3) is 1.75. The van der Waals surface area contributed by atoms with Crippen molar-refractivity contribution in [3.05, 3.63) is 28.5 Å². The van der Waals surface area contributed by atoms with Gasteiger partial charge in [0.25, 0.3) is 0 Å². The van der Waals surface area contributed by atoms with E-state index in [1.54, 1.807) is 11.3 Å². The molecule has 0 saturated heterocycles. The van der Waals surface area contributed by atoms with Crippen molar-refractivity contribution in [2.75, 3.05) is 6.54 Å². The van der Waals surface area contributed by atoms with E-state index in [1.807, 2.05) is 29.1 Å². The molecule has 3 aromatic rings. The van der Waals surface area contributed by atoms with Crippen molar-refractivity contribution in [2.45, 2.75) is 13.3 Å². The number of aromatic nitrogens is 4. The summed E-state index contributed by atoms with van der Waals surface area (Å²) < 4.78 is 2.04. The Kier molecular flexibility index (Phi) is 2.45. The summed E-state index contributed by atoms with van der Waals surface area (Å²) in [5.41, 5.74) is 8.66. The van der Waals surface area contributed by atoms with Crippen molar-refractivity contribution in [1.29, 1.82) is 0 Å². The lowest BCUT2D eigenvalue weighted by atomic mass is 10.3. The standard InChI is InChI=1S/C11H13N5S/c1-7-14-10(6-17-7)9-5-16-8(2-3-12)4-13-11(16)15-9/h4-6H,2-3,12H2,1H3,(H,13,15). The summed E-state index contributed by atoms with van der Waals surface area (Å²) in [6, 6.07) is 0. The fourth-order valence-corrected chi connectivity index (χ4v) is 2.48. The topological polar surface area (TPSA) is 72.0 Å². The molecule has 0 bridgehead atoms. The summed E-state index contributed by atoms with van der Waals surface area (Å²) in [5.74, 6) is 0.842. The van der Waals surface area contributed by atoms with Gasteiger partial charge >= 0.3 is 0 Å². The molecule has 0 aliphatic heterocycles. The molecule has 0 spiro atoms. The average Bonchev–Trinajstić information content (AvgIpc) is 2.95. The monoisotopic (exact) mass is 247 g/mol. The molecule has 5 nitrogen and oxygen atoms in total. The highest BCUT2D eigenvalue weighted by atomic mass is 32.1. The highest BCUT2D eigenvalue weighted by Gasteiger charge is 2.09. The number of H-pyrrole nitrogens is 1. The first kappa shape index (κ1) is 10.5. The number of hydrogen-bond donors (Lipinski definition) is 2. The summed E-state index contributed by atoms with van der Waals surface area (Å²) in [5, 5.41) is 3.11. The maximum atomic E-state index is 5.57. The van der Waals surface area contributed by atoms with E-state index < -0.39 is 0 Å². The fraction of sp³-hybridized carbons (Fsp3) is 0.273. The van der Waals surface area contributed by atoms with Gasteiger partial charge in [-0.3, -0.25) is 4.40 Å². The molecule has 88 valence electrons. The Morgan fingerprint density at radius 3 is 3.12 bits per heavy atom. The summed E-state index contributed by atoms with van der Waals surface area (Å²) >= 11 is 1.65. The van der Waals surface area contributed by atoms with Crippen LogP contribution in [0, 0.1) is 6.92 Å². The molecule has 0 atom stereocenters. The van der Waals surface area contributed by atoms with Crippen LogP contribution in [0.25, 0.3) is 17.2 Å². The van der Waals surface area contributed by atoms with Gasteiger partial charge in [0.15, 0.2) is 0 Å². The normalized spacial score (nSPS) is 11.4. The van der Waals surface area contributed by atoms with Crippen LogP contribution in [0.4, 0.5) is 0 Å². The molecule has 0 amide bonds. The Balaban J connectivity index is 2.07. The van der Waals surface area contributed by atoms with E-state index >= 15 is 0 Å². The summed E-state index contributed by atoms with van der Waals surface area (Å²) in [7, 11) is 0. The SMILES string of the molecule is Cc1nc(-c2cn3c(CCN)cnc3[nH]2)cs1. The van der Waals surface area contributed by atoms with Crippen molar-refractivity contribution >= 4 is 17.1 Å². The van der Waals surface area contributed by atoms with E-state index in [1.165, 1.54) is 0 Å². The molecule has 0 aliphatic rings. The minimum atomic E-state index is 0.629. The van der Waals surface area contributed by atoms with Crippen LogP contribution < -0.4 is 5.73 Å². The highest BCUT2D eigenvalue weighted by Crippen LogP contribution is 2.21. The van der Waals surface area contributed by atoms with Gasteiger partial charge in [-0.2, -0.15) is 0 Å². The first-order valence-corrected chi connectivity index (χ1v) is 6.33. The van der Waals surface area contributed by atoms with Crippen molar-refractivity contribution in [1.82, 2.24) is 19.4 Å². The summed E-state index contributed by atoms with van der Waals surface area (Å²) in [6.45, 7) is 2.63. The van der Waals surface area contributed by atoms with Crippen LogP contribution in [0.3, 0.4) is 0 Å². The van der Waals surface area contributed by atoms with Crippen LogP contribution in [0.1, 0.15) is 10.7 Å². The number of aryl methyl sites for hydroxylation is 1. The molecule has 17 heavy (non-hydrogen) atoms. The van der Waals surface area contributed by atoms with E-state index in [4.69, 9.17) is 5.73 Å². The van der Waals surface area contributed by atoms with E-state index in [2.05, 4.69) is 15.0 Å². The van der Waals surface area contributed by atoms with Crippen LogP contribution in [-0.2, 0) is 6.42 Å².